The van der Waals surface area contributed by atoms with Gasteiger partial charge in [-0.05, 0) is 24.1 Å². The van der Waals surface area contributed by atoms with Crippen LogP contribution in [-0.2, 0) is 16.0 Å². The molecule has 1 aliphatic heterocycles. The Bertz CT molecular complexity index is 606. The van der Waals surface area contributed by atoms with Crippen LogP contribution in [-0.4, -0.2) is 67.8 Å². The lowest BCUT2D eigenvalue weighted by Crippen LogP contribution is -2.49. The number of halogens is 5. The van der Waals surface area contributed by atoms with Crippen molar-refractivity contribution >= 4 is 29.1 Å². The summed E-state index contributed by atoms with van der Waals surface area (Å²) in [6.45, 7) is 2.14. The van der Waals surface area contributed by atoms with Gasteiger partial charge in [0.05, 0.1) is 16.5 Å². The SMILES string of the molecule is O=C(Cc1ccc(Cl)c(Cl)c1)N1CCN(CCCOCC(F)(F)F)CC1. The summed E-state index contributed by atoms with van der Waals surface area (Å²) in [4.78, 5) is 16.3. The van der Waals surface area contributed by atoms with Crippen LogP contribution in [0.1, 0.15) is 12.0 Å². The third-order valence-corrected chi connectivity index (χ3v) is 4.83. The molecule has 1 aliphatic rings. The first-order chi connectivity index (χ1) is 12.2. The number of hydrogen-bond acceptors (Lipinski definition) is 3. The molecule has 1 heterocycles. The molecule has 146 valence electrons. The van der Waals surface area contributed by atoms with Gasteiger partial charge in [-0.2, -0.15) is 13.2 Å². The van der Waals surface area contributed by atoms with Gasteiger partial charge in [0.15, 0.2) is 0 Å². The van der Waals surface area contributed by atoms with E-state index in [2.05, 4.69) is 9.64 Å². The Morgan fingerprint density at radius 1 is 1.12 bits per heavy atom. The Morgan fingerprint density at radius 3 is 2.42 bits per heavy atom. The van der Waals surface area contributed by atoms with Crippen LogP contribution in [0.5, 0.6) is 0 Å². The standard InChI is InChI=1S/C17H21Cl2F3N2O2/c18-14-3-2-13(10-15(14)19)11-16(25)24-7-5-23(6-8-24)4-1-9-26-12-17(20,21)22/h2-3,10H,1,4-9,11-12H2. The Kier molecular flexibility index (Phi) is 8.01. The molecule has 1 saturated heterocycles. The van der Waals surface area contributed by atoms with Gasteiger partial charge in [0.2, 0.25) is 5.91 Å². The largest absolute Gasteiger partial charge is 0.411 e. The fourth-order valence-electron chi connectivity index (χ4n) is 2.74. The van der Waals surface area contributed by atoms with Crippen LogP contribution < -0.4 is 0 Å². The van der Waals surface area contributed by atoms with Gasteiger partial charge in [0, 0.05) is 39.3 Å². The molecule has 0 bridgehead atoms. The lowest BCUT2D eigenvalue weighted by Gasteiger charge is -2.34. The van der Waals surface area contributed by atoms with E-state index < -0.39 is 12.8 Å². The number of carbonyl (C=O) groups excluding carboxylic acids is 1. The molecule has 1 amide bonds. The molecule has 0 spiro atoms. The van der Waals surface area contributed by atoms with Crippen molar-refractivity contribution in [2.24, 2.45) is 0 Å². The predicted octanol–water partition coefficient (Wildman–Crippen LogP) is 3.65. The van der Waals surface area contributed by atoms with Crippen LogP contribution in [0, 0.1) is 0 Å². The highest BCUT2D eigenvalue weighted by atomic mass is 35.5. The Morgan fingerprint density at radius 2 is 1.81 bits per heavy atom. The van der Waals surface area contributed by atoms with E-state index in [0.29, 0.717) is 49.2 Å². The van der Waals surface area contributed by atoms with Crippen molar-refractivity contribution in [1.82, 2.24) is 9.80 Å². The third-order valence-electron chi connectivity index (χ3n) is 4.09. The summed E-state index contributed by atoms with van der Waals surface area (Å²) in [6.07, 6.45) is -3.48. The Hall–Kier alpha value is -1.02. The van der Waals surface area contributed by atoms with Crippen molar-refractivity contribution < 1.29 is 22.7 Å². The summed E-state index contributed by atoms with van der Waals surface area (Å²) >= 11 is 11.8. The first-order valence-electron chi connectivity index (χ1n) is 8.33. The lowest BCUT2D eigenvalue weighted by molar-refractivity contribution is -0.174. The van der Waals surface area contributed by atoms with Crippen molar-refractivity contribution in [2.45, 2.75) is 19.0 Å². The molecule has 2 rings (SSSR count). The van der Waals surface area contributed by atoms with Gasteiger partial charge in [-0.3, -0.25) is 9.69 Å². The molecular weight excluding hydrogens is 392 g/mol. The topological polar surface area (TPSA) is 32.8 Å². The highest BCUT2D eigenvalue weighted by molar-refractivity contribution is 6.42. The van der Waals surface area contributed by atoms with Gasteiger partial charge in [-0.15, -0.1) is 0 Å². The van der Waals surface area contributed by atoms with Crippen molar-refractivity contribution in [3.8, 4) is 0 Å². The summed E-state index contributed by atoms with van der Waals surface area (Å²) in [5.74, 6) is 0.0246. The third kappa shape index (κ3) is 7.31. The normalized spacial score (nSPS) is 16.1. The Balaban J connectivity index is 1.66. The highest BCUT2D eigenvalue weighted by Gasteiger charge is 2.27. The molecule has 1 fully saturated rings. The van der Waals surface area contributed by atoms with Gasteiger partial charge in [0.1, 0.15) is 6.61 Å². The number of piperazine rings is 1. The van der Waals surface area contributed by atoms with E-state index >= 15 is 0 Å². The number of alkyl halides is 3. The van der Waals surface area contributed by atoms with Crippen LogP contribution in [0.15, 0.2) is 18.2 Å². The molecule has 1 aromatic carbocycles. The van der Waals surface area contributed by atoms with Crippen LogP contribution >= 0.6 is 23.2 Å². The molecule has 0 aromatic heterocycles. The van der Waals surface area contributed by atoms with Crippen LogP contribution in [0.25, 0.3) is 0 Å². The summed E-state index contributed by atoms with van der Waals surface area (Å²) in [7, 11) is 0. The second kappa shape index (κ2) is 9.78. The minimum Gasteiger partial charge on any atom is -0.372 e. The van der Waals surface area contributed by atoms with Crippen LogP contribution in [0.2, 0.25) is 10.0 Å². The van der Waals surface area contributed by atoms with E-state index in [0.717, 1.165) is 5.56 Å². The number of amides is 1. The molecule has 9 heteroatoms. The maximum absolute atomic E-state index is 12.4. The van der Waals surface area contributed by atoms with E-state index in [1.54, 1.807) is 23.1 Å². The fraction of sp³-hybridized carbons (Fsp3) is 0.588. The molecule has 0 saturated carbocycles. The average molecular weight is 413 g/mol. The number of nitrogens with zero attached hydrogens (tertiary/aromatic N) is 2. The molecule has 4 nitrogen and oxygen atoms in total. The summed E-state index contributed by atoms with van der Waals surface area (Å²) in [5.41, 5.74) is 0.814. The maximum atomic E-state index is 12.4. The smallest absolute Gasteiger partial charge is 0.372 e. The zero-order chi connectivity index (χ0) is 19.2. The summed E-state index contributed by atoms with van der Waals surface area (Å²) < 4.78 is 40.5. The zero-order valence-electron chi connectivity index (χ0n) is 14.2. The predicted molar refractivity (Wildman–Crippen MR) is 94.7 cm³/mol. The summed E-state index contributed by atoms with van der Waals surface area (Å²) in [6, 6.07) is 5.15. The molecule has 0 aliphatic carbocycles. The molecule has 0 atom stereocenters. The number of benzene rings is 1. The quantitative estimate of drug-likeness (QED) is 0.640. The van der Waals surface area contributed by atoms with Crippen molar-refractivity contribution in [3.05, 3.63) is 33.8 Å². The minimum atomic E-state index is -4.28. The molecular formula is C17H21Cl2F3N2O2. The second-order valence-corrected chi connectivity index (χ2v) is 6.98. The fourth-order valence-corrected chi connectivity index (χ4v) is 3.06. The van der Waals surface area contributed by atoms with E-state index in [1.807, 2.05) is 0 Å². The van der Waals surface area contributed by atoms with Gasteiger partial charge in [0.25, 0.3) is 0 Å². The Labute approximate surface area is 160 Å². The molecule has 0 radical (unpaired) electrons. The molecule has 1 aromatic rings. The number of carbonyl (C=O) groups is 1. The summed E-state index contributed by atoms with van der Waals surface area (Å²) in [5, 5.41) is 0.880. The highest BCUT2D eigenvalue weighted by Crippen LogP contribution is 2.23. The lowest BCUT2D eigenvalue weighted by atomic mass is 10.1. The number of ether oxygens (including phenoxy) is 1. The molecule has 26 heavy (non-hydrogen) atoms. The molecule has 0 N–H and O–H groups in total. The van der Waals surface area contributed by atoms with Crippen LogP contribution in [0.3, 0.4) is 0 Å². The van der Waals surface area contributed by atoms with Gasteiger partial charge >= 0.3 is 6.18 Å². The average Bonchev–Trinajstić information content (AvgIpc) is 2.57. The van der Waals surface area contributed by atoms with E-state index in [4.69, 9.17) is 23.2 Å². The van der Waals surface area contributed by atoms with E-state index in [1.165, 1.54) is 0 Å². The van der Waals surface area contributed by atoms with E-state index in [-0.39, 0.29) is 18.9 Å². The van der Waals surface area contributed by atoms with Crippen molar-refractivity contribution in [1.29, 1.82) is 0 Å². The van der Waals surface area contributed by atoms with Crippen molar-refractivity contribution in [2.75, 3.05) is 45.9 Å². The maximum Gasteiger partial charge on any atom is 0.411 e. The second-order valence-electron chi connectivity index (χ2n) is 6.17. The first kappa shape index (κ1) is 21.3. The van der Waals surface area contributed by atoms with E-state index in [9.17, 15) is 18.0 Å². The van der Waals surface area contributed by atoms with Gasteiger partial charge in [-0.25, -0.2) is 0 Å². The molecule has 0 unspecified atom stereocenters. The number of rotatable bonds is 7. The number of hydrogen-bond donors (Lipinski definition) is 0. The first-order valence-corrected chi connectivity index (χ1v) is 9.09. The van der Waals surface area contributed by atoms with Crippen LogP contribution in [0.4, 0.5) is 13.2 Å². The zero-order valence-corrected chi connectivity index (χ0v) is 15.7. The van der Waals surface area contributed by atoms with Gasteiger partial charge < -0.3 is 9.64 Å². The minimum absolute atomic E-state index is 0.0246. The monoisotopic (exact) mass is 412 g/mol. The van der Waals surface area contributed by atoms with Gasteiger partial charge in [-0.1, -0.05) is 29.3 Å². The van der Waals surface area contributed by atoms with Crippen molar-refractivity contribution in [3.63, 3.8) is 0 Å².